The summed E-state index contributed by atoms with van der Waals surface area (Å²) in [6.45, 7) is 4.36. The number of hydrogen-bond donors (Lipinski definition) is 1. The summed E-state index contributed by atoms with van der Waals surface area (Å²) in [5.41, 5.74) is 0. The molecule has 0 radical (unpaired) electrons. The average molecular weight is 325 g/mol. The van der Waals surface area contributed by atoms with Crippen LogP contribution in [-0.4, -0.2) is 40.3 Å². The molecule has 0 saturated carbocycles. The Morgan fingerprint density at radius 2 is 2.18 bits per heavy atom. The zero-order valence-electron chi connectivity index (χ0n) is 12.6. The first-order valence-corrected chi connectivity index (χ1v) is 8.07. The lowest BCUT2D eigenvalue weighted by atomic mass is 10.0. The number of piperidine rings is 1. The number of rotatable bonds is 4. The van der Waals surface area contributed by atoms with Gasteiger partial charge in [-0.25, -0.2) is 0 Å². The summed E-state index contributed by atoms with van der Waals surface area (Å²) in [5, 5.41) is 13.2. The summed E-state index contributed by atoms with van der Waals surface area (Å²) in [7, 11) is 0. The Morgan fingerprint density at radius 3 is 2.77 bits per heavy atom. The molecule has 1 aliphatic heterocycles. The van der Waals surface area contributed by atoms with Gasteiger partial charge in [-0.2, -0.15) is 0 Å². The van der Waals surface area contributed by atoms with Gasteiger partial charge in [-0.3, -0.25) is 19.7 Å². The first-order valence-electron chi connectivity index (χ1n) is 7.25. The van der Waals surface area contributed by atoms with Crippen molar-refractivity contribution in [3.8, 4) is 0 Å². The normalized spacial score (nSPS) is 19.5. The predicted octanol–water partition coefficient (Wildman–Crippen LogP) is 2.18. The second-order valence-corrected chi connectivity index (χ2v) is 6.53. The number of amides is 2. The van der Waals surface area contributed by atoms with Crippen molar-refractivity contribution in [2.75, 3.05) is 6.54 Å². The highest BCUT2D eigenvalue weighted by molar-refractivity contribution is 7.17. The number of hydrogen-bond acceptors (Lipinski definition) is 5. The van der Waals surface area contributed by atoms with Gasteiger partial charge >= 0.3 is 5.00 Å². The maximum atomic E-state index is 12.4. The summed E-state index contributed by atoms with van der Waals surface area (Å²) in [4.78, 5) is 36.6. The van der Waals surface area contributed by atoms with Crippen molar-refractivity contribution < 1.29 is 14.5 Å². The smallest absolute Gasteiger partial charge is 0.324 e. The maximum absolute atomic E-state index is 12.4. The fourth-order valence-electron chi connectivity index (χ4n) is 2.55. The van der Waals surface area contributed by atoms with E-state index in [9.17, 15) is 19.7 Å². The minimum atomic E-state index is -0.644. The lowest BCUT2D eigenvalue weighted by Crippen LogP contribution is -2.51. The summed E-state index contributed by atoms with van der Waals surface area (Å²) < 4.78 is 0. The molecule has 1 fully saturated rings. The van der Waals surface area contributed by atoms with Crippen molar-refractivity contribution in [1.82, 2.24) is 10.2 Å². The maximum Gasteiger partial charge on any atom is 0.324 e. The van der Waals surface area contributed by atoms with Crippen LogP contribution in [0.4, 0.5) is 5.00 Å². The van der Waals surface area contributed by atoms with Gasteiger partial charge < -0.3 is 10.2 Å². The number of carbonyl (C=O) groups is 2. The third-order valence-corrected chi connectivity index (χ3v) is 4.84. The largest absolute Gasteiger partial charge is 0.340 e. The van der Waals surface area contributed by atoms with E-state index in [0.29, 0.717) is 6.54 Å². The first kappa shape index (κ1) is 16.4. The molecule has 0 spiro atoms. The summed E-state index contributed by atoms with van der Waals surface area (Å²) in [6, 6.07) is 2.23. The molecule has 0 bridgehead atoms. The Balaban J connectivity index is 1.97. The summed E-state index contributed by atoms with van der Waals surface area (Å²) >= 11 is 0.803. The van der Waals surface area contributed by atoms with Crippen molar-refractivity contribution in [2.24, 2.45) is 0 Å². The van der Waals surface area contributed by atoms with Crippen molar-refractivity contribution in [3.05, 3.63) is 27.1 Å². The highest BCUT2D eigenvalue weighted by Crippen LogP contribution is 2.24. The molecule has 2 atom stereocenters. The number of thiophene rings is 1. The van der Waals surface area contributed by atoms with Crippen LogP contribution >= 0.6 is 11.3 Å². The summed E-state index contributed by atoms with van der Waals surface area (Å²) in [6.07, 6.45) is 3.07. The Labute approximate surface area is 132 Å². The number of nitrogens with one attached hydrogen (secondary N) is 1. The van der Waals surface area contributed by atoms with Crippen LogP contribution in [0.15, 0.2) is 12.1 Å². The molecule has 0 aliphatic carbocycles. The molecular formula is C14H19N3O4S. The van der Waals surface area contributed by atoms with Crippen LogP contribution in [0.3, 0.4) is 0 Å². The van der Waals surface area contributed by atoms with Crippen molar-refractivity contribution in [3.63, 3.8) is 0 Å². The van der Waals surface area contributed by atoms with E-state index in [1.807, 2.05) is 6.92 Å². The Kier molecular flexibility index (Phi) is 5.12. The highest BCUT2D eigenvalue weighted by Gasteiger charge is 2.28. The molecule has 8 heteroatoms. The lowest BCUT2D eigenvalue weighted by molar-refractivity contribution is -0.380. The van der Waals surface area contributed by atoms with Gasteiger partial charge in [0, 0.05) is 18.7 Å². The van der Waals surface area contributed by atoms with Gasteiger partial charge in [0.1, 0.15) is 6.04 Å². The van der Waals surface area contributed by atoms with E-state index in [-0.39, 0.29) is 21.8 Å². The van der Waals surface area contributed by atoms with E-state index in [1.54, 1.807) is 11.8 Å². The molecule has 1 aliphatic rings. The molecule has 1 aromatic rings. The van der Waals surface area contributed by atoms with E-state index in [0.717, 1.165) is 30.6 Å². The van der Waals surface area contributed by atoms with Gasteiger partial charge in [-0.15, -0.1) is 0 Å². The third kappa shape index (κ3) is 3.62. The van der Waals surface area contributed by atoms with E-state index in [2.05, 4.69) is 5.32 Å². The number of nitro groups is 1. The van der Waals surface area contributed by atoms with Gasteiger partial charge in [-0.1, -0.05) is 11.3 Å². The van der Waals surface area contributed by atoms with Crippen LogP contribution in [0.25, 0.3) is 0 Å². The van der Waals surface area contributed by atoms with Gasteiger partial charge in [-0.05, 0) is 39.2 Å². The minimum Gasteiger partial charge on any atom is -0.340 e. The monoisotopic (exact) mass is 325 g/mol. The van der Waals surface area contributed by atoms with Gasteiger partial charge in [0.25, 0.3) is 5.91 Å². The average Bonchev–Trinajstić information content (AvgIpc) is 2.97. The van der Waals surface area contributed by atoms with Crippen LogP contribution in [0.5, 0.6) is 0 Å². The molecule has 7 nitrogen and oxygen atoms in total. The third-order valence-electron chi connectivity index (χ3n) is 3.80. The lowest BCUT2D eigenvalue weighted by Gasteiger charge is -2.35. The second kappa shape index (κ2) is 6.87. The predicted molar refractivity (Wildman–Crippen MR) is 82.9 cm³/mol. The summed E-state index contributed by atoms with van der Waals surface area (Å²) in [5.74, 6) is -0.560. The van der Waals surface area contributed by atoms with E-state index in [4.69, 9.17) is 0 Å². The Bertz CT molecular complexity index is 586. The molecule has 2 amide bonds. The van der Waals surface area contributed by atoms with Gasteiger partial charge in [0.2, 0.25) is 5.91 Å². The first-order chi connectivity index (χ1) is 10.4. The molecular weight excluding hydrogens is 306 g/mol. The molecule has 120 valence electrons. The molecule has 2 heterocycles. The van der Waals surface area contributed by atoms with Crippen LogP contribution < -0.4 is 5.32 Å². The quantitative estimate of drug-likeness (QED) is 0.678. The van der Waals surface area contributed by atoms with Crippen molar-refractivity contribution in [2.45, 2.75) is 45.2 Å². The van der Waals surface area contributed by atoms with E-state index >= 15 is 0 Å². The number of nitrogens with zero attached hydrogens (tertiary/aromatic N) is 2. The minimum absolute atomic E-state index is 0.0891. The zero-order chi connectivity index (χ0) is 16.3. The molecule has 1 aromatic heterocycles. The number of carbonyl (C=O) groups excluding carboxylic acids is 2. The van der Waals surface area contributed by atoms with E-state index < -0.39 is 16.9 Å². The second-order valence-electron chi connectivity index (χ2n) is 5.47. The van der Waals surface area contributed by atoms with E-state index in [1.165, 1.54) is 12.1 Å². The molecule has 0 aromatic carbocycles. The molecule has 2 rings (SSSR count). The fraction of sp³-hybridized carbons (Fsp3) is 0.571. The standard InChI is InChI=1S/C14H19N3O4S/c1-9-5-3-4-8-16(9)14(19)10(2)15-13(18)11-6-7-12(22-11)17(20)21/h6-7,9-10H,3-5,8H2,1-2H3,(H,15,18)/t9-,10+/m0/s1. The molecule has 1 N–H and O–H groups in total. The van der Waals surface area contributed by atoms with Gasteiger partial charge in [0.15, 0.2) is 0 Å². The van der Waals surface area contributed by atoms with Crippen LogP contribution in [0.1, 0.15) is 42.8 Å². The molecule has 22 heavy (non-hydrogen) atoms. The van der Waals surface area contributed by atoms with Crippen LogP contribution in [0.2, 0.25) is 0 Å². The van der Waals surface area contributed by atoms with Crippen LogP contribution in [0, 0.1) is 10.1 Å². The topological polar surface area (TPSA) is 92.5 Å². The van der Waals surface area contributed by atoms with Crippen LogP contribution in [-0.2, 0) is 4.79 Å². The number of likely N-dealkylation sites (tertiary alicyclic amines) is 1. The highest BCUT2D eigenvalue weighted by atomic mass is 32.1. The molecule has 1 saturated heterocycles. The molecule has 0 unspecified atom stereocenters. The Hall–Kier alpha value is -1.96. The van der Waals surface area contributed by atoms with Crippen molar-refractivity contribution >= 4 is 28.2 Å². The Morgan fingerprint density at radius 1 is 1.45 bits per heavy atom. The van der Waals surface area contributed by atoms with Gasteiger partial charge in [0.05, 0.1) is 9.80 Å². The SMILES string of the molecule is C[C@@H](NC(=O)c1ccc([N+](=O)[O-])s1)C(=O)N1CCCC[C@@H]1C. The fourth-order valence-corrected chi connectivity index (χ4v) is 3.28. The zero-order valence-corrected chi connectivity index (χ0v) is 13.4. The van der Waals surface area contributed by atoms with Crippen molar-refractivity contribution in [1.29, 1.82) is 0 Å².